The molecule has 0 aromatic heterocycles. The molecular formula is C18H21N3O4S. The number of benzene rings is 2. The lowest BCUT2D eigenvalue weighted by Crippen LogP contribution is -2.33. The van der Waals surface area contributed by atoms with Crippen molar-refractivity contribution in [3.8, 4) is 5.75 Å². The van der Waals surface area contributed by atoms with Gasteiger partial charge in [0.15, 0.2) is 0 Å². The van der Waals surface area contributed by atoms with Crippen LogP contribution in [0.2, 0.25) is 0 Å². The van der Waals surface area contributed by atoms with Crippen LogP contribution in [-0.2, 0) is 16.4 Å². The number of ether oxygens (including phenoxy) is 1. The highest BCUT2D eigenvalue weighted by Gasteiger charge is 2.06. The molecule has 0 saturated carbocycles. The number of methoxy groups -OCH3 is 1. The first kappa shape index (κ1) is 19.5. The fraction of sp³-hybridized carbons (Fsp3) is 0.167. The van der Waals surface area contributed by atoms with Crippen molar-refractivity contribution in [1.82, 2.24) is 10.6 Å². The highest BCUT2D eigenvalue weighted by Crippen LogP contribution is 2.18. The summed E-state index contributed by atoms with van der Waals surface area (Å²) in [6.07, 6.45) is 3.84. The molecule has 0 atom stereocenters. The molecule has 2 rings (SSSR count). The monoisotopic (exact) mass is 375 g/mol. The summed E-state index contributed by atoms with van der Waals surface area (Å²) in [6.45, 7) is 0.406. The van der Waals surface area contributed by atoms with E-state index < -0.39 is 10.0 Å². The van der Waals surface area contributed by atoms with Gasteiger partial charge in [-0.3, -0.25) is 0 Å². The zero-order chi connectivity index (χ0) is 19.0. The molecule has 2 amide bonds. The Labute approximate surface area is 152 Å². The number of sulfonamides is 1. The van der Waals surface area contributed by atoms with E-state index in [1.54, 1.807) is 25.3 Å². The number of rotatable bonds is 7. The van der Waals surface area contributed by atoms with Gasteiger partial charge in [0, 0.05) is 18.3 Å². The van der Waals surface area contributed by atoms with Crippen LogP contribution in [-0.4, -0.2) is 28.1 Å². The second kappa shape index (κ2) is 9.02. The van der Waals surface area contributed by atoms with E-state index in [4.69, 9.17) is 9.88 Å². The van der Waals surface area contributed by atoms with E-state index in [-0.39, 0.29) is 10.9 Å². The van der Waals surface area contributed by atoms with E-state index in [0.29, 0.717) is 18.7 Å². The molecule has 0 saturated heterocycles. The molecule has 0 unspecified atom stereocenters. The molecule has 0 aliphatic rings. The number of nitrogens with one attached hydrogen (secondary N) is 2. The van der Waals surface area contributed by atoms with Crippen molar-refractivity contribution in [2.75, 3.05) is 13.7 Å². The third-order valence-corrected chi connectivity index (χ3v) is 4.50. The Morgan fingerprint density at radius 3 is 2.50 bits per heavy atom. The molecule has 7 nitrogen and oxygen atoms in total. The van der Waals surface area contributed by atoms with Crippen LogP contribution in [0.3, 0.4) is 0 Å². The minimum atomic E-state index is -3.69. The number of primary sulfonamides is 1. The van der Waals surface area contributed by atoms with Gasteiger partial charge in [0.2, 0.25) is 10.0 Å². The maximum atomic E-state index is 11.8. The van der Waals surface area contributed by atoms with Crippen molar-refractivity contribution >= 4 is 22.1 Å². The lowest BCUT2D eigenvalue weighted by atomic mass is 10.1. The van der Waals surface area contributed by atoms with Gasteiger partial charge in [0.05, 0.1) is 12.0 Å². The molecule has 26 heavy (non-hydrogen) atoms. The summed E-state index contributed by atoms with van der Waals surface area (Å²) in [6, 6.07) is 13.3. The zero-order valence-corrected chi connectivity index (χ0v) is 15.1. The molecule has 138 valence electrons. The molecule has 0 bridgehead atoms. The Kier molecular flexibility index (Phi) is 6.76. The number of hydrogen-bond acceptors (Lipinski definition) is 4. The molecule has 0 aliphatic heterocycles. The Morgan fingerprint density at radius 2 is 1.85 bits per heavy atom. The molecule has 2 aromatic carbocycles. The van der Waals surface area contributed by atoms with Crippen LogP contribution >= 0.6 is 0 Å². The number of carbonyl (C=O) groups is 1. The molecule has 0 heterocycles. The number of carbonyl (C=O) groups excluding carboxylic acids is 1. The maximum absolute atomic E-state index is 11.8. The summed E-state index contributed by atoms with van der Waals surface area (Å²) in [5.41, 5.74) is 1.74. The second-order valence-corrected chi connectivity index (χ2v) is 6.98. The van der Waals surface area contributed by atoms with Crippen LogP contribution in [0.1, 0.15) is 11.1 Å². The third-order valence-electron chi connectivity index (χ3n) is 3.57. The van der Waals surface area contributed by atoms with Crippen molar-refractivity contribution < 1.29 is 17.9 Å². The minimum Gasteiger partial charge on any atom is -0.496 e. The summed E-state index contributed by atoms with van der Waals surface area (Å²) in [4.78, 5) is 11.8. The largest absolute Gasteiger partial charge is 0.496 e. The van der Waals surface area contributed by atoms with E-state index in [0.717, 1.165) is 11.1 Å². The van der Waals surface area contributed by atoms with Gasteiger partial charge in [0.1, 0.15) is 5.75 Å². The van der Waals surface area contributed by atoms with Crippen molar-refractivity contribution in [1.29, 1.82) is 0 Å². The van der Waals surface area contributed by atoms with Crippen molar-refractivity contribution in [3.05, 3.63) is 65.9 Å². The lowest BCUT2D eigenvalue weighted by Gasteiger charge is -2.06. The van der Waals surface area contributed by atoms with Gasteiger partial charge in [-0.25, -0.2) is 18.4 Å². The summed E-state index contributed by atoms with van der Waals surface area (Å²) in [5.74, 6) is 0.717. The van der Waals surface area contributed by atoms with Crippen LogP contribution in [0.4, 0.5) is 4.79 Å². The first-order valence-corrected chi connectivity index (χ1v) is 9.40. The first-order chi connectivity index (χ1) is 12.4. The van der Waals surface area contributed by atoms with Crippen LogP contribution in [0, 0.1) is 0 Å². The molecule has 0 fully saturated rings. The quantitative estimate of drug-likeness (QED) is 0.686. The van der Waals surface area contributed by atoms with Gasteiger partial charge in [-0.15, -0.1) is 0 Å². The minimum absolute atomic E-state index is 0.0634. The predicted octanol–water partition coefficient (Wildman–Crippen LogP) is 1.86. The molecule has 0 spiro atoms. The fourth-order valence-electron chi connectivity index (χ4n) is 2.23. The van der Waals surface area contributed by atoms with Crippen LogP contribution in [0.15, 0.2) is 59.6 Å². The van der Waals surface area contributed by atoms with Crippen LogP contribution < -0.4 is 20.5 Å². The Hall–Kier alpha value is -2.84. The topological polar surface area (TPSA) is 111 Å². The molecule has 8 heteroatoms. The average Bonchev–Trinajstić information content (AvgIpc) is 2.62. The Bertz CT molecular complexity index is 878. The molecule has 0 aliphatic carbocycles. The molecule has 0 radical (unpaired) electrons. The number of para-hydroxylation sites is 1. The van der Waals surface area contributed by atoms with Gasteiger partial charge in [-0.1, -0.05) is 30.3 Å². The van der Waals surface area contributed by atoms with E-state index >= 15 is 0 Å². The number of nitrogens with two attached hydrogens (primary N) is 1. The van der Waals surface area contributed by atoms with Gasteiger partial charge in [0.25, 0.3) is 0 Å². The van der Waals surface area contributed by atoms with Crippen molar-refractivity contribution in [2.45, 2.75) is 11.3 Å². The maximum Gasteiger partial charge on any atom is 0.318 e. The first-order valence-electron chi connectivity index (χ1n) is 7.86. The standard InChI is InChI=1S/C18H21N3O4S/c1-25-17-5-3-2-4-15(17)11-13-21-18(22)20-12-10-14-6-8-16(9-7-14)26(19,23)24/h2-9,11,13H,10,12H2,1H3,(H2,19,23,24)(H2,20,21,22)/b13-11+. The zero-order valence-electron chi connectivity index (χ0n) is 14.3. The van der Waals surface area contributed by atoms with Crippen molar-refractivity contribution in [3.63, 3.8) is 0 Å². The summed E-state index contributed by atoms with van der Waals surface area (Å²) in [5, 5.41) is 10.4. The SMILES string of the molecule is COc1ccccc1/C=C/NC(=O)NCCc1ccc(S(N)(=O)=O)cc1. The van der Waals surface area contributed by atoms with E-state index in [1.807, 2.05) is 24.3 Å². The molecule has 2 aromatic rings. The average molecular weight is 375 g/mol. The van der Waals surface area contributed by atoms with Crippen LogP contribution in [0.5, 0.6) is 5.75 Å². The smallest absolute Gasteiger partial charge is 0.318 e. The third kappa shape index (κ3) is 5.91. The van der Waals surface area contributed by atoms with Gasteiger partial charge in [-0.2, -0.15) is 0 Å². The van der Waals surface area contributed by atoms with Gasteiger partial charge < -0.3 is 15.4 Å². The number of urea groups is 1. The number of amides is 2. The highest BCUT2D eigenvalue weighted by molar-refractivity contribution is 7.89. The summed E-state index contributed by atoms with van der Waals surface area (Å²) < 4.78 is 27.6. The predicted molar refractivity (Wildman–Crippen MR) is 100 cm³/mol. The fourth-order valence-corrected chi connectivity index (χ4v) is 2.74. The Balaban J connectivity index is 1.78. The van der Waals surface area contributed by atoms with Gasteiger partial charge >= 0.3 is 6.03 Å². The van der Waals surface area contributed by atoms with Crippen LogP contribution in [0.25, 0.3) is 6.08 Å². The van der Waals surface area contributed by atoms with E-state index in [9.17, 15) is 13.2 Å². The summed E-state index contributed by atoms with van der Waals surface area (Å²) in [7, 11) is -2.10. The van der Waals surface area contributed by atoms with E-state index in [1.165, 1.54) is 18.3 Å². The summed E-state index contributed by atoms with van der Waals surface area (Å²) >= 11 is 0. The highest BCUT2D eigenvalue weighted by atomic mass is 32.2. The van der Waals surface area contributed by atoms with Crippen molar-refractivity contribution in [2.24, 2.45) is 5.14 Å². The molecular weight excluding hydrogens is 354 g/mol. The van der Waals surface area contributed by atoms with Gasteiger partial charge in [-0.05, 0) is 36.3 Å². The normalized spacial score (nSPS) is 11.3. The van der Waals surface area contributed by atoms with E-state index in [2.05, 4.69) is 10.6 Å². The number of hydrogen-bond donors (Lipinski definition) is 3. The second-order valence-electron chi connectivity index (χ2n) is 5.41. The Morgan fingerprint density at radius 1 is 1.15 bits per heavy atom. The molecule has 4 N–H and O–H groups in total. The lowest BCUT2D eigenvalue weighted by molar-refractivity contribution is 0.244.